The average molecular weight is 595 g/mol. The third-order valence-corrected chi connectivity index (χ3v) is 6.86. The standard InChI is InChI=1S/C24H15Br2F2NO3S/c25-18-9-15(10-19(26)22(18)32-13-16-3-1-2-4-20(16)28)11-21-23(30)29(24(31)33-21)12-14-5-7-17(27)8-6-14/h1-11H,12-13H2/b21-11-. The molecule has 33 heavy (non-hydrogen) atoms. The third-order valence-electron chi connectivity index (χ3n) is 4.78. The third kappa shape index (κ3) is 5.54. The summed E-state index contributed by atoms with van der Waals surface area (Å²) in [6.45, 7) is 0.115. The van der Waals surface area contributed by atoms with Crippen LogP contribution in [0.5, 0.6) is 5.75 Å². The van der Waals surface area contributed by atoms with Crippen molar-refractivity contribution in [2.24, 2.45) is 0 Å². The molecular weight excluding hydrogens is 580 g/mol. The van der Waals surface area contributed by atoms with Gasteiger partial charge in [0.25, 0.3) is 11.1 Å². The van der Waals surface area contributed by atoms with E-state index in [1.165, 1.54) is 30.3 Å². The predicted molar refractivity (Wildman–Crippen MR) is 130 cm³/mol. The Balaban J connectivity index is 1.50. The maximum absolute atomic E-state index is 13.8. The Labute approximate surface area is 209 Å². The minimum atomic E-state index is -0.415. The number of hydrogen-bond acceptors (Lipinski definition) is 4. The van der Waals surface area contributed by atoms with E-state index in [0.29, 0.717) is 31.4 Å². The summed E-state index contributed by atoms with van der Waals surface area (Å²) in [5.74, 6) is -0.663. The van der Waals surface area contributed by atoms with Crippen molar-refractivity contribution in [1.82, 2.24) is 4.90 Å². The van der Waals surface area contributed by atoms with Crippen LogP contribution in [0.3, 0.4) is 0 Å². The van der Waals surface area contributed by atoms with E-state index in [4.69, 9.17) is 4.74 Å². The van der Waals surface area contributed by atoms with Gasteiger partial charge < -0.3 is 4.74 Å². The highest BCUT2D eigenvalue weighted by atomic mass is 79.9. The maximum Gasteiger partial charge on any atom is 0.293 e. The average Bonchev–Trinajstić information content (AvgIpc) is 3.03. The Bertz CT molecular complexity index is 1240. The molecule has 1 fully saturated rings. The van der Waals surface area contributed by atoms with E-state index in [9.17, 15) is 18.4 Å². The summed E-state index contributed by atoms with van der Waals surface area (Å²) in [6, 6.07) is 15.5. The van der Waals surface area contributed by atoms with Crippen LogP contribution in [0.4, 0.5) is 13.6 Å². The van der Waals surface area contributed by atoms with Gasteiger partial charge in [0, 0.05) is 5.56 Å². The van der Waals surface area contributed by atoms with Gasteiger partial charge in [-0.3, -0.25) is 14.5 Å². The molecule has 1 heterocycles. The lowest BCUT2D eigenvalue weighted by Gasteiger charge is -2.13. The lowest BCUT2D eigenvalue weighted by atomic mass is 10.2. The fourth-order valence-corrected chi connectivity index (χ4v) is 5.42. The molecule has 0 aliphatic carbocycles. The summed E-state index contributed by atoms with van der Waals surface area (Å²) >= 11 is 7.75. The van der Waals surface area contributed by atoms with Crippen LogP contribution in [-0.4, -0.2) is 16.0 Å². The summed E-state index contributed by atoms with van der Waals surface area (Å²) < 4.78 is 33.9. The van der Waals surface area contributed by atoms with E-state index < -0.39 is 11.1 Å². The molecule has 0 bridgehead atoms. The molecule has 1 saturated heterocycles. The molecule has 1 aliphatic rings. The Morgan fingerprint density at radius 3 is 2.30 bits per heavy atom. The largest absolute Gasteiger partial charge is 0.486 e. The van der Waals surface area contributed by atoms with Crippen molar-refractivity contribution in [3.63, 3.8) is 0 Å². The molecule has 3 aromatic carbocycles. The van der Waals surface area contributed by atoms with E-state index in [2.05, 4.69) is 31.9 Å². The molecule has 2 amide bonds. The van der Waals surface area contributed by atoms with Crippen LogP contribution in [0.2, 0.25) is 0 Å². The quantitative estimate of drug-likeness (QED) is 0.281. The smallest absolute Gasteiger partial charge is 0.293 e. The van der Waals surface area contributed by atoms with Crippen LogP contribution < -0.4 is 4.74 Å². The summed E-state index contributed by atoms with van der Waals surface area (Å²) in [6.07, 6.45) is 1.62. The van der Waals surface area contributed by atoms with Gasteiger partial charge in [0.2, 0.25) is 0 Å². The van der Waals surface area contributed by atoms with E-state index in [1.54, 1.807) is 36.4 Å². The first-order valence-electron chi connectivity index (χ1n) is 9.67. The van der Waals surface area contributed by atoms with Gasteiger partial charge in [0.05, 0.1) is 20.4 Å². The molecule has 0 saturated carbocycles. The van der Waals surface area contributed by atoms with Gasteiger partial charge in [-0.15, -0.1) is 0 Å². The van der Waals surface area contributed by atoms with Gasteiger partial charge in [-0.1, -0.05) is 30.3 Å². The van der Waals surface area contributed by atoms with Crippen molar-refractivity contribution in [2.75, 3.05) is 0 Å². The van der Waals surface area contributed by atoms with Crippen molar-refractivity contribution in [3.8, 4) is 5.75 Å². The van der Waals surface area contributed by atoms with Crippen LogP contribution in [0.25, 0.3) is 6.08 Å². The van der Waals surface area contributed by atoms with Gasteiger partial charge >= 0.3 is 0 Å². The predicted octanol–water partition coefficient (Wildman–Crippen LogP) is 7.31. The molecule has 0 N–H and O–H groups in total. The summed E-state index contributed by atoms with van der Waals surface area (Å²) in [7, 11) is 0. The lowest BCUT2D eigenvalue weighted by Crippen LogP contribution is -2.27. The number of nitrogens with zero attached hydrogens (tertiary/aromatic N) is 1. The lowest BCUT2D eigenvalue weighted by molar-refractivity contribution is -0.123. The molecule has 0 spiro atoms. The van der Waals surface area contributed by atoms with Crippen molar-refractivity contribution in [3.05, 3.63) is 103 Å². The van der Waals surface area contributed by atoms with Crippen molar-refractivity contribution in [2.45, 2.75) is 13.2 Å². The van der Waals surface area contributed by atoms with Crippen molar-refractivity contribution >= 4 is 60.8 Å². The minimum absolute atomic E-state index is 0.0471. The van der Waals surface area contributed by atoms with Crippen LogP contribution in [0.15, 0.2) is 74.5 Å². The number of halogens is 4. The Morgan fingerprint density at radius 2 is 1.64 bits per heavy atom. The van der Waals surface area contributed by atoms with Gasteiger partial charge in [0.1, 0.15) is 24.0 Å². The number of imide groups is 1. The molecule has 0 unspecified atom stereocenters. The molecular formula is C24H15Br2F2NO3S. The minimum Gasteiger partial charge on any atom is -0.486 e. The second-order valence-corrected chi connectivity index (χ2v) is 9.79. The zero-order valence-corrected chi connectivity index (χ0v) is 20.8. The fraction of sp³-hybridized carbons (Fsp3) is 0.0833. The van der Waals surface area contributed by atoms with Crippen LogP contribution in [0, 0.1) is 11.6 Å². The van der Waals surface area contributed by atoms with E-state index in [1.807, 2.05) is 0 Å². The summed E-state index contributed by atoms with van der Waals surface area (Å²) in [5.41, 5.74) is 1.75. The molecule has 1 aliphatic heterocycles. The first-order valence-corrected chi connectivity index (χ1v) is 12.1. The molecule has 0 aromatic heterocycles. The van der Waals surface area contributed by atoms with Gasteiger partial charge in [-0.25, -0.2) is 8.78 Å². The number of hydrogen-bond donors (Lipinski definition) is 0. The second-order valence-electron chi connectivity index (χ2n) is 7.09. The number of carbonyl (C=O) groups is 2. The molecule has 4 nitrogen and oxygen atoms in total. The first kappa shape index (κ1) is 23.7. The maximum atomic E-state index is 13.8. The normalized spacial score (nSPS) is 14.9. The van der Waals surface area contributed by atoms with Crippen LogP contribution in [-0.2, 0) is 17.9 Å². The number of benzene rings is 3. The molecule has 3 aromatic rings. The Hall–Kier alpha value is -2.49. The summed E-state index contributed by atoms with van der Waals surface area (Å²) in [5, 5.41) is -0.390. The van der Waals surface area contributed by atoms with Crippen LogP contribution >= 0.6 is 43.6 Å². The SMILES string of the molecule is O=C1S/C(=C\c2cc(Br)c(OCc3ccccc3F)c(Br)c2)C(=O)N1Cc1ccc(F)cc1. The van der Waals surface area contributed by atoms with Gasteiger partial charge in [-0.2, -0.15) is 0 Å². The molecule has 0 atom stereocenters. The Morgan fingerprint density at radius 1 is 0.970 bits per heavy atom. The molecule has 9 heteroatoms. The second kappa shape index (κ2) is 10.2. The topological polar surface area (TPSA) is 46.6 Å². The number of thioether (sulfide) groups is 1. The number of rotatable bonds is 6. The highest BCUT2D eigenvalue weighted by Gasteiger charge is 2.35. The molecule has 4 rings (SSSR count). The van der Waals surface area contributed by atoms with Crippen molar-refractivity contribution < 1.29 is 23.1 Å². The highest BCUT2D eigenvalue weighted by molar-refractivity contribution is 9.11. The first-order chi connectivity index (χ1) is 15.8. The van der Waals surface area contributed by atoms with Crippen LogP contribution in [0.1, 0.15) is 16.7 Å². The zero-order chi connectivity index (χ0) is 23.5. The zero-order valence-electron chi connectivity index (χ0n) is 16.9. The fourth-order valence-electron chi connectivity index (χ4n) is 3.13. The molecule has 0 radical (unpaired) electrons. The highest BCUT2D eigenvalue weighted by Crippen LogP contribution is 2.38. The number of ether oxygens (including phenoxy) is 1. The van der Waals surface area contributed by atoms with E-state index in [0.717, 1.165) is 16.7 Å². The Kier molecular flexibility index (Phi) is 7.31. The van der Waals surface area contributed by atoms with Gasteiger partial charge in [0.15, 0.2) is 0 Å². The summed E-state index contributed by atoms with van der Waals surface area (Å²) in [4.78, 5) is 26.6. The number of carbonyl (C=O) groups excluding carboxylic acids is 2. The van der Waals surface area contributed by atoms with E-state index in [-0.39, 0.29) is 29.7 Å². The monoisotopic (exact) mass is 593 g/mol. The molecule has 168 valence electrons. The van der Waals surface area contributed by atoms with Crippen molar-refractivity contribution in [1.29, 1.82) is 0 Å². The van der Waals surface area contributed by atoms with E-state index >= 15 is 0 Å². The van der Waals surface area contributed by atoms with Gasteiger partial charge in [-0.05, 0) is 91.2 Å². The number of amides is 2.